The highest BCUT2D eigenvalue weighted by Gasteiger charge is 2.77. The van der Waals surface area contributed by atoms with E-state index in [4.69, 9.17) is 9.47 Å². The lowest BCUT2D eigenvalue weighted by atomic mass is 9.48. The van der Waals surface area contributed by atoms with Crippen molar-refractivity contribution in [1.29, 1.82) is 0 Å². The van der Waals surface area contributed by atoms with Gasteiger partial charge in [-0.1, -0.05) is 25.5 Å². The summed E-state index contributed by atoms with van der Waals surface area (Å²) < 4.78 is 11.3. The molecule has 3 saturated heterocycles. The SMILES string of the molecule is C[C@@H]1CC=C2[C@@]13C[C@@]1(O)O[C@H](OC[C@]2(C)[C@@]1(C)O)[C@@H]3O. The summed E-state index contributed by atoms with van der Waals surface area (Å²) in [5.41, 5.74) is -1.72. The molecule has 4 bridgehead atoms. The van der Waals surface area contributed by atoms with Gasteiger partial charge in [-0.05, 0) is 19.3 Å². The first kappa shape index (κ1) is 13.2. The Balaban J connectivity index is 2.03. The van der Waals surface area contributed by atoms with Crippen molar-refractivity contribution in [2.75, 3.05) is 6.61 Å². The molecule has 0 aromatic rings. The number of hydrogen-bond acceptors (Lipinski definition) is 5. The molecule has 7 atom stereocenters. The van der Waals surface area contributed by atoms with E-state index in [1.807, 2.05) is 6.92 Å². The fraction of sp³-hybridized carbons (Fsp3) is 0.867. The van der Waals surface area contributed by atoms with E-state index < -0.39 is 34.6 Å². The number of aliphatic hydroxyl groups excluding tert-OH is 1. The molecular formula is C15H22O5. The van der Waals surface area contributed by atoms with Gasteiger partial charge in [-0.15, -0.1) is 0 Å². The molecule has 0 amide bonds. The first-order chi connectivity index (χ1) is 9.19. The molecule has 5 aliphatic rings. The second kappa shape index (κ2) is 3.31. The lowest BCUT2D eigenvalue weighted by Crippen LogP contribution is -2.74. The van der Waals surface area contributed by atoms with Gasteiger partial charge in [0.05, 0.1) is 6.61 Å². The summed E-state index contributed by atoms with van der Waals surface area (Å²) >= 11 is 0. The van der Waals surface area contributed by atoms with Gasteiger partial charge >= 0.3 is 0 Å². The summed E-state index contributed by atoms with van der Waals surface area (Å²) in [5.74, 6) is -1.49. The zero-order chi connectivity index (χ0) is 14.6. The minimum Gasteiger partial charge on any atom is -0.387 e. The maximum Gasteiger partial charge on any atom is 0.199 e. The number of hydrogen-bond donors (Lipinski definition) is 3. The van der Waals surface area contributed by atoms with Crippen molar-refractivity contribution in [1.82, 2.24) is 0 Å². The Bertz CT molecular complexity index is 514. The summed E-state index contributed by atoms with van der Waals surface area (Å²) in [6.45, 7) is 5.84. The maximum absolute atomic E-state index is 11.0. The standard InChI is InChI=1S/C15H22O5/c1-8-4-5-9-12(2)7-19-11-10(16)14(8,9)6-15(18,20-11)13(12,3)17/h5,8,10-11,16-18H,4,6-7H2,1-3H3/t8-,10+,11+,12+,13-,14-,15-/m1/s1. The fourth-order valence-electron chi connectivity index (χ4n) is 5.03. The smallest absolute Gasteiger partial charge is 0.199 e. The van der Waals surface area contributed by atoms with Crippen LogP contribution in [0.2, 0.25) is 0 Å². The van der Waals surface area contributed by atoms with Crippen LogP contribution in [0, 0.1) is 16.7 Å². The Morgan fingerprint density at radius 3 is 2.70 bits per heavy atom. The van der Waals surface area contributed by atoms with Crippen molar-refractivity contribution in [2.24, 2.45) is 16.7 Å². The number of allylic oxidation sites excluding steroid dienone is 1. The van der Waals surface area contributed by atoms with Gasteiger partial charge in [0.2, 0.25) is 0 Å². The summed E-state index contributed by atoms with van der Waals surface area (Å²) in [4.78, 5) is 0. The Morgan fingerprint density at radius 2 is 2.00 bits per heavy atom. The predicted octanol–water partition coefficient (Wildman–Crippen LogP) is 0.536. The molecule has 3 heterocycles. The van der Waals surface area contributed by atoms with Crippen LogP contribution in [-0.4, -0.2) is 45.7 Å². The van der Waals surface area contributed by atoms with Crippen LogP contribution >= 0.6 is 0 Å². The van der Waals surface area contributed by atoms with Gasteiger partial charge in [0.25, 0.3) is 0 Å². The molecule has 112 valence electrons. The van der Waals surface area contributed by atoms with Crippen LogP contribution in [0.25, 0.3) is 0 Å². The molecule has 0 unspecified atom stereocenters. The summed E-state index contributed by atoms with van der Waals surface area (Å²) in [7, 11) is 0. The third kappa shape index (κ3) is 1.05. The molecule has 5 rings (SSSR count). The van der Waals surface area contributed by atoms with Crippen LogP contribution in [0.3, 0.4) is 0 Å². The van der Waals surface area contributed by atoms with Gasteiger partial charge in [-0.25, -0.2) is 0 Å². The molecule has 2 aliphatic carbocycles. The van der Waals surface area contributed by atoms with E-state index in [-0.39, 0.29) is 18.9 Å². The van der Waals surface area contributed by atoms with Crippen LogP contribution < -0.4 is 0 Å². The molecule has 1 spiro atoms. The molecule has 3 aliphatic heterocycles. The van der Waals surface area contributed by atoms with Crippen LogP contribution in [0.15, 0.2) is 11.6 Å². The lowest BCUT2D eigenvalue weighted by Gasteiger charge is -2.63. The lowest BCUT2D eigenvalue weighted by molar-refractivity contribution is -0.407. The van der Waals surface area contributed by atoms with Crippen LogP contribution in [0.4, 0.5) is 0 Å². The van der Waals surface area contributed by atoms with E-state index in [1.165, 1.54) is 0 Å². The summed E-state index contributed by atoms with van der Waals surface area (Å²) in [5, 5.41) is 32.7. The summed E-state index contributed by atoms with van der Waals surface area (Å²) in [6.07, 6.45) is 1.51. The van der Waals surface area contributed by atoms with E-state index in [1.54, 1.807) is 6.92 Å². The minimum atomic E-state index is -1.68. The van der Waals surface area contributed by atoms with Crippen molar-refractivity contribution in [3.63, 3.8) is 0 Å². The van der Waals surface area contributed by atoms with Gasteiger partial charge in [0.1, 0.15) is 11.7 Å². The molecule has 0 radical (unpaired) electrons. The topological polar surface area (TPSA) is 79.2 Å². The van der Waals surface area contributed by atoms with Crippen molar-refractivity contribution >= 4 is 0 Å². The fourth-order valence-corrected chi connectivity index (χ4v) is 5.03. The first-order valence-corrected chi connectivity index (χ1v) is 7.32. The molecule has 0 aromatic carbocycles. The summed E-state index contributed by atoms with van der Waals surface area (Å²) in [6, 6.07) is 0. The Labute approximate surface area is 118 Å². The Hall–Kier alpha value is -0.460. The third-order valence-electron chi connectivity index (χ3n) is 6.65. The van der Waals surface area contributed by atoms with Crippen LogP contribution in [0.1, 0.15) is 33.6 Å². The molecule has 3 N–H and O–H groups in total. The molecule has 5 nitrogen and oxygen atoms in total. The highest BCUT2D eigenvalue weighted by molar-refractivity contribution is 5.41. The molecule has 5 heteroatoms. The molecular weight excluding hydrogens is 260 g/mol. The normalized spacial score (nSPS) is 64.1. The van der Waals surface area contributed by atoms with Gasteiger partial charge in [0.15, 0.2) is 12.1 Å². The molecule has 4 fully saturated rings. The van der Waals surface area contributed by atoms with Crippen molar-refractivity contribution in [3.05, 3.63) is 11.6 Å². The van der Waals surface area contributed by atoms with Crippen molar-refractivity contribution in [3.8, 4) is 0 Å². The van der Waals surface area contributed by atoms with Gasteiger partial charge in [-0.3, -0.25) is 0 Å². The van der Waals surface area contributed by atoms with Crippen molar-refractivity contribution in [2.45, 2.75) is 57.4 Å². The number of fused-ring (bicyclic) bond motifs is 1. The highest BCUT2D eigenvalue weighted by Crippen LogP contribution is 2.70. The predicted molar refractivity (Wildman–Crippen MR) is 69.4 cm³/mol. The maximum atomic E-state index is 11.0. The van der Waals surface area contributed by atoms with E-state index in [0.717, 1.165) is 12.0 Å². The number of rotatable bonds is 0. The zero-order valence-electron chi connectivity index (χ0n) is 12.1. The van der Waals surface area contributed by atoms with Crippen molar-refractivity contribution < 1.29 is 24.8 Å². The van der Waals surface area contributed by atoms with Crippen LogP contribution in [0.5, 0.6) is 0 Å². The largest absolute Gasteiger partial charge is 0.387 e. The Morgan fingerprint density at radius 1 is 1.30 bits per heavy atom. The second-order valence-corrected chi connectivity index (χ2v) is 7.40. The minimum absolute atomic E-state index is 0.197. The number of aliphatic hydroxyl groups is 3. The van der Waals surface area contributed by atoms with Gasteiger partial charge in [-0.2, -0.15) is 0 Å². The quantitative estimate of drug-likeness (QED) is 0.565. The first-order valence-electron chi connectivity index (χ1n) is 7.32. The monoisotopic (exact) mass is 282 g/mol. The van der Waals surface area contributed by atoms with E-state index in [9.17, 15) is 15.3 Å². The molecule has 20 heavy (non-hydrogen) atoms. The van der Waals surface area contributed by atoms with E-state index in [0.29, 0.717) is 0 Å². The van der Waals surface area contributed by atoms with Gasteiger partial charge in [0, 0.05) is 17.3 Å². The average Bonchev–Trinajstić information content (AvgIpc) is 2.64. The average molecular weight is 282 g/mol. The van der Waals surface area contributed by atoms with Gasteiger partial charge < -0.3 is 24.8 Å². The third-order valence-corrected chi connectivity index (χ3v) is 6.65. The number of ether oxygens (including phenoxy) is 2. The molecule has 0 aromatic heterocycles. The van der Waals surface area contributed by atoms with Crippen LogP contribution in [-0.2, 0) is 9.47 Å². The molecule has 1 saturated carbocycles. The zero-order valence-corrected chi connectivity index (χ0v) is 12.1. The van der Waals surface area contributed by atoms with E-state index in [2.05, 4.69) is 13.0 Å². The highest BCUT2D eigenvalue weighted by atomic mass is 16.8. The Kier molecular flexibility index (Phi) is 2.18. The second-order valence-electron chi connectivity index (χ2n) is 7.40. The van der Waals surface area contributed by atoms with E-state index >= 15 is 0 Å².